The maximum absolute atomic E-state index is 12.6. The highest BCUT2D eigenvalue weighted by Crippen LogP contribution is 2.26. The fourth-order valence-corrected chi connectivity index (χ4v) is 3.60. The Morgan fingerprint density at radius 3 is 2.21 bits per heavy atom. The molecule has 1 aromatic heterocycles. The molecular formula is C20H20N2OS. The van der Waals surface area contributed by atoms with Gasteiger partial charge in [-0.2, -0.15) is 0 Å². The number of hydrogen-bond donors (Lipinski definition) is 1. The zero-order chi connectivity index (χ0) is 17.3. The van der Waals surface area contributed by atoms with Crippen molar-refractivity contribution in [3.05, 3.63) is 69.6 Å². The van der Waals surface area contributed by atoms with Crippen LogP contribution in [0, 0.1) is 27.7 Å². The van der Waals surface area contributed by atoms with Gasteiger partial charge in [0.05, 0.1) is 5.69 Å². The van der Waals surface area contributed by atoms with Gasteiger partial charge in [0.1, 0.15) is 0 Å². The standard InChI is InChI=1S/C20H20N2OS/c1-12-5-7-16(8-6-12)17-11-24-20(21-17)22-19(23)18-14(3)9-13(2)10-15(18)4/h5-11H,1-4H3,(H,21,22,23). The van der Waals surface area contributed by atoms with Crippen molar-refractivity contribution in [2.75, 3.05) is 5.32 Å². The van der Waals surface area contributed by atoms with Gasteiger partial charge in [-0.15, -0.1) is 11.3 Å². The molecule has 0 saturated heterocycles. The van der Waals surface area contributed by atoms with E-state index in [1.165, 1.54) is 16.9 Å². The minimum Gasteiger partial charge on any atom is -0.298 e. The number of nitrogens with one attached hydrogen (secondary N) is 1. The monoisotopic (exact) mass is 336 g/mol. The van der Waals surface area contributed by atoms with Crippen LogP contribution in [0.4, 0.5) is 5.13 Å². The van der Waals surface area contributed by atoms with Gasteiger partial charge in [-0.05, 0) is 38.8 Å². The Hall–Kier alpha value is -2.46. The summed E-state index contributed by atoms with van der Waals surface area (Å²) >= 11 is 1.44. The van der Waals surface area contributed by atoms with Gasteiger partial charge in [-0.25, -0.2) is 4.98 Å². The fraction of sp³-hybridized carbons (Fsp3) is 0.200. The van der Waals surface area contributed by atoms with Crippen LogP contribution in [0.25, 0.3) is 11.3 Å². The SMILES string of the molecule is Cc1ccc(-c2csc(NC(=O)c3c(C)cc(C)cc3C)n2)cc1. The molecule has 1 amide bonds. The van der Waals surface area contributed by atoms with E-state index in [1.807, 2.05) is 50.4 Å². The number of nitrogens with zero attached hydrogens (tertiary/aromatic N) is 1. The van der Waals surface area contributed by atoms with E-state index in [2.05, 4.69) is 29.4 Å². The molecule has 0 saturated carbocycles. The first-order valence-corrected chi connectivity index (χ1v) is 8.74. The Labute approximate surface area is 146 Å². The van der Waals surface area contributed by atoms with Crippen LogP contribution < -0.4 is 5.32 Å². The van der Waals surface area contributed by atoms with Gasteiger partial charge < -0.3 is 0 Å². The van der Waals surface area contributed by atoms with Crippen molar-refractivity contribution in [1.29, 1.82) is 0 Å². The topological polar surface area (TPSA) is 42.0 Å². The Kier molecular flexibility index (Phi) is 4.49. The number of rotatable bonds is 3. The summed E-state index contributed by atoms with van der Waals surface area (Å²) in [4.78, 5) is 17.2. The van der Waals surface area contributed by atoms with E-state index >= 15 is 0 Å². The van der Waals surface area contributed by atoms with Crippen molar-refractivity contribution >= 4 is 22.4 Å². The van der Waals surface area contributed by atoms with Crippen LogP contribution in [0.1, 0.15) is 32.6 Å². The molecule has 3 nitrogen and oxygen atoms in total. The highest BCUT2D eigenvalue weighted by Gasteiger charge is 2.15. The minimum atomic E-state index is -0.102. The molecule has 0 spiro atoms. The average molecular weight is 336 g/mol. The number of aryl methyl sites for hydroxylation is 4. The summed E-state index contributed by atoms with van der Waals surface area (Å²) in [5.41, 5.74) is 7.02. The molecule has 0 unspecified atom stereocenters. The van der Waals surface area contributed by atoms with E-state index < -0.39 is 0 Å². The summed E-state index contributed by atoms with van der Waals surface area (Å²) in [5, 5.41) is 5.52. The minimum absolute atomic E-state index is 0.102. The third-order valence-corrected chi connectivity index (χ3v) is 4.73. The predicted molar refractivity (Wildman–Crippen MR) is 101 cm³/mol. The van der Waals surface area contributed by atoms with Crippen LogP contribution in [0.3, 0.4) is 0 Å². The third-order valence-electron chi connectivity index (χ3n) is 3.98. The Balaban J connectivity index is 1.82. The molecule has 4 heteroatoms. The molecule has 0 aliphatic carbocycles. The molecule has 3 rings (SSSR count). The lowest BCUT2D eigenvalue weighted by molar-refractivity contribution is 0.102. The zero-order valence-corrected chi connectivity index (χ0v) is 15.1. The van der Waals surface area contributed by atoms with E-state index in [4.69, 9.17) is 0 Å². The summed E-state index contributed by atoms with van der Waals surface area (Å²) in [6.45, 7) is 8.03. The van der Waals surface area contributed by atoms with Crippen LogP contribution in [-0.2, 0) is 0 Å². The second-order valence-electron chi connectivity index (χ2n) is 6.13. The molecule has 0 radical (unpaired) electrons. The van der Waals surface area contributed by atoms with E-state index in [0.29, 0.717) is 5.13 Å². The number of carbonyl (C=O) groups excluding carboxylic acids is 1. The lowest BCUT2D eigenvalue weighted by Gasteiger charge is -2.10. The molecule has 2 aromatic carbocycles. The number of benzene rings is 2. The maximum Gasteiger partial charge on any atom is 0.257 e. The number of aromatic nitrogens is 1. The van der Waals surface area contributed by atoms with Crippen molar-refractivity contribution < 1.29 is 4.79 Å². The highest BCUT2D eigenvalue weighted by atomic mass is 32.1. The third kappa shape index (κ3) is 3.39. The van der Waals surface area contributed by atoms with Crippen molar-refractivity contribution in [1.82, 2.24) is 4.98 Å². The predicted octanol–water partition coefficient (Wildman–Crippen LogP) is 5.30. The van der Waals surface area contributed by atoms with Gasteiger partial charge in [0, 0.05) is 16.5 Å². The summed E-state index contributed by atoms with van der Waals surface area (Å²) in [6, 6.07) is 12.3. The summed E-state index contributed by atoms with van der Waals surface area (Å²) in [5.74, 6) is -0.102. The van der Waals surface area contributed by atoms with Crippen molar-refractivity contribution in [2.24, 2.45) is 0 Å². The number of anilines is 1. The maximum atomic E-state index is 12.6. The summed E-state index contributed by atoms with van der Waals surface area (Å²) in [7, 11) is 0. The zero-order valence-electron chi connectivity index (χ0n) is 14.3. The van der Waals surface area contributed by atoms with Crippen LogP contribution in [0.5, 0.6) is 0 Å². The molecular weight excluding hydrogens is 316 g/mol. The molecule has 0 aliphatic rings. The van der Waals surface area contributed by atoms with Gasteiger partial charge in [0.15, 0.2) is 5.13 Å². The molecule has 0 aliphatic heterocycles. The number of hydrogen-bond acceptors (Lipinski definition) is 3. The Bertz CT molecular complexity index is 871. The number of thiazole rings is 1. The van der Waals surface area contributed by atoms with Crippen LogP contribution in [0.15, 0.2) is 41.8 Å². The Morgan fingerprint density at radius 1 is 0.958 bits per heavy atom. The average Bonchev–Trinajstić information content (AvgIpc) is 2.95. The molecule has 3 aromatic rings. The second-order valence-corrected chi connectivity index (χ2v) is 6.99. The first-order valence-electron chi connectivity index (χ1n) is 7.86. The lowest BCUT2D eigenvalue weighted by atomic mass is 9.99. The quantitative estimate of drug-likeness (QED) is 0.705. The van der Waals surface area contributed by atoms with Crippen molar-refractivity contribution in [3.8, 4) is 11.3 Å². The molecule has 24 heavy (non-hydrogen) atoms. The highest BCUT2D eigenvalue weighted by molar-refractivity contribution is 7.14. The van der Waals surface area contributed by atoms with Gasteiger partial charge in [-0.1, -0.05) is 47.5 Å². The molecule has 1 heterocycles. The van der Waals surface area contributed by atoms with E-state index in [0.717, 1.165) is 33.5 Å². The number of amides is 1. The van der Waals surface area contributed by atoms with Crippen LogP contribution in [-0.4, -0.2) is 10.9 Å². The largest absolute Gasteiger partial charge is 0.298 e. The van der Waals surface area contributed by atoms with Gasteiger partial charge >= 0.3 is 0 Å². The van der Waals surface area contributed by atoms with Crippen LogP contribution in [0.2, 0.25) is 0 Å². The van der Waals surface area contributed by atoms with Gasteiger partial charge in [0.25, 0.3) is 5.91 Å². The normalized spacial score (nSPS) is 10.7. The molecule has 1 N–H and O–H groups in total. The molecule has 0 bridgehead atoms. The summed E-state index contributed by atoms with van der Waals surface area (Å²) < 4.78 is 0. The smallest absolute Gasteiger partial charge is 0.257 e. The van der Waals surface area contributed by atoms with Crippen LogP contribution >= 0.6 is 11.3 Å². The van der Waals surface area contributed by atoms with Crippen molar-refractivity contribution in [2.45, 2.75) is 27.7 Å². The Morgan fingerprint density at radius 2 is 1.58 bits per heavy atom. The molecule has 0 atom stereocenters. The van der Waals surface area contributed by atoms with E-state index in [1.54, 1.807) is 0 Å². The van der Waals surface area contributed by atoms with E-state index in [9.17, 15) is 4.79 Å². The van der Waals surface area contributed by atoms with Gasteiger partial charge in [0.2, 0.25) is 0 Å². The van der Waals surface area contributed by atoms with E-state index in [-0.39, 0.29) is 5.91 Å². The number of carbonyl (C=O) groups is 1. The van der Waals surface area contributed by atoms with Gasteiger partial charge in [-0.3, -0.25) is 10.1 Å². The summed E-state index contributed by atoms with van der Waals surface area (Å²) in [6.07, 6.45) is 0. The fourth-order valence-electron chi connectivity index (χ4n) is 2.89. The lowest BCUT2D eigenvalue weighted by Crippen LogP contribution is -2.15. The molecule has 0 fully saturated rings. The first-order chi connectivity index (χ1) is 11.4. The van der Waals surface area contributed by atoms with Crippen molar-refractivity contribution in [3.63, 3.8) is 0 Å². The first kappa shape index (κ1) is 16.4. The second kappa shape index (κ2) is 6.57. The molecule has 122 valence electrons.